The number of carbonyl (C=O) groups excluding carboxylic acids is 2. The number of carbonyl (C=O) groups is 2. The van der Waals surface area contributed by atoms with E-state index in [4.69, 9.17) is 10.5 Å². The zero-order chi connectivity index (χ0) is 25.2. The van der Waals surface area contributed by atoms with Crippen molar-refractivity contribution in [3.8, 4) is 11.5 Å². The van der Waals surface area contributed by atoms with Crippen molar-refractivity contribution >= 4 is 23.3 Å². The fraction of sp³-hybridized carbons (Fsp3) is 0.276. The maximum Gasteiger partial charge on any atom is 0.248 e. The highest BCUT2D eigenvalue weighted by atomic mass is 16.5. The van der Waals surface area contributed by atoms with Gasteiger partial charge in [-0.1, -0.05) is 36.9 Å². The number of nitrogens with two attached hydrogens (primary N) is 1. The lowest BCUT2D eigenvalue weighted by molar-refractivity contribution is -0.126. The zero-order valence-corrected chi connectivity index (χ0v) is 20.4. The lowest BCUT2D eigenvalue weighted by Crippen LogP contribution is -2.45. The van der Waals surface area contributed by atoms with Crippen LogP contribution in [-0.4, -0.2) is 40.8 Å². The molecule has 2 aliphatic heterocycles. The molecule has 1 unspecified atom stereocenters. The Bertz CT molecular complexity index is 1290. The molecule has 2 aliphatic rings. The Balaban J connectivity index is 1.44. The van der Waals surface area contributed by atoms with Gasteiger partial charge in [-0.05, 0) is 62.1 Å². The highest BCUT2D eigenvalue weighted by molar-refractivity contribution is 6.01. The number of aromatic nitrogens is 1. The van der Waals surface area contributed by atoms with Crippen LogP contribution in [0.1, 0.15) is 36.8 Å². The SMILES string of the molecule is C=C(C)C(=O)N1CC[C@@H](N2C(=O)C(c3ccc(Oc4ccccc4)cc3)CCc3c2ccnc3N)C1. The highest BCUT2D eigenvalue weighted by Gasteiger charge is 2.40. The Hall–Kier alpha value is -4.13. The van der Waals surface area contributed by atoms with E-state index in [1.807, 2.05) is 65.6 Å². The van der Waals surface area contributed by atoms with Crippen LogP contribution in [-0.2, 0) is 16.0 Å². The summed E-state index contributed by atoms with van der Waals surface area (Å²) in [5, 5.41) is 0. The number of ether oxygens (including phenoxy) is 1. The molecule has 3 aromatic rings. The molecule has 0 bridgehead atoms. The second-order valence-electron chi connectivity index (χ2n) is 9.45. The van der Waals surface area contributed by atoms with Crippen LogP contribution in [0.15, 0.2) is 79.0 Å². The molecule has 1 aromatic heterocycles. The Morgan fingerprint density at radius 3 is 2.50 bits per heavy atom. The van der Waals surface area contributed by atoms with E-state index >= 15 is 0 Å². The summed E-state index contributed by atoms with van der Waals surface area (Å²) >= 11 is 0. The molecular formula is C29H30N4O3. The van der Waals surface area contributed by atoms with Crippen molar-refractivity contribution in [2.45, 2.75) is 38.1 Å². The summed E-state index contributed by atoms with van der Waals surface area (Å²) in [7, 11) is 0. The molecule has 2 aromatic carbocycles. The Morgan fingerprint density at radius 1 is 1.06 bits per heavy atom. The molecule has 3 heterocycles. The van der Waals surface area contributed by atoms with Gasteiger partial charge in [-0.25, -0.2) is 4.98 Å². The van der Waals surface area contributed by atoms with Gasteiger partial charge in [0.1, 0.15) is 17.3 Å². The molecule has 5 rings (SSSR count). The number of para-hydroxylation sites is 1. The molecule has 0 saturated carbocycles. The van der Waals surface area contributed by atoms with Gasteiger partial charge in [-0.15, -0.1) is 0 Å². The molecule has 36 heavy (non-hydrogen) atoms. The first-order chi connectivity index (χ1) is 17.4. The van der Waals surface area contributed by atoms with Crippen molar-refractivity contribution in [1.29, 1.82) is 0 Å². The van der Waals surface area contributed by atoms with Crippen molar-refractivity contribution in [3.63, 3.8) is 0 Å². The molecule has 184 valence electrons. The van der Waals surface area contributed by atoms with Gasteiger partial charge < -0.3 is 20.3 Å². The number of benzene rings is 2. The fourth-order valence-corrected chi connectivity index (χ4v) is 5.16. The third-order valence-corrected chi connectivity index (χ3v) is 6.98. The molecule has 1 fully saturated rings. The maximum atomic E-state index is 14.1. The van der Waals surface area contributed by atoms with E-state index in [1.54, 1.807) is 18.0 Å². The van der Waals surface area contributed by atoms with Gasteiger partial charge in [0.15, 0.2) is 0 Å². The smallest absolute Gasteiger partial charge is 0.248 e. The number of hydrogen-bond donors (Lipinski definition) is 1. The summed E-state index contributed by atoms with van der Waals surface area (Å²) in [4.78, 5) is 34.6. The van der Waals surface area contributed by atoms with Crippen LogP contribution in [0.25, 0.3) is 0 Å². The van der Waals surface area contributed by atoms with E-state index in [0.717, 1.165) is 22.6 Å². The lowest BCUT2D eigenvalue weighted by Gasteiger charge is -2.32. The van der Waals surface area contributed by atoms with Gasteiger partial charge in [0.25, 0.3) is 0 Å². The maximum absolute atomic E-state index is 14.1. The lowest BCUT2D eigenvalue weighted by atomic mass is 9.92. The molecule has 2 amide bonds. The van der Waals surface area contributed by atoms with E-state index in [1.165, 1.54) is 0 Å². The van der Waals surface area contributed by atoms with Crippen molar-refractivity contribution in [2.24, 2.45) is 0 Å². The number of rotatable bonds is 5. The normalized spacial score (nSPS) is 19.5. The second-order valence-corrected chi connectivity index (χ2v) is 9.45. The predicted molar refractivity (Wildman–Crippen MR) is 140 cm³/mol. The second kappa shape index (κ2) is 9.85. The molecule has 0 spiro atoms. The summed E-state index contributed by atoms with van der Waals surface area (Å²) in [6.45, 7) is 6.57. The Labute approximate surface area is 211 Å². The summed E-state index contributed by atoms with van der Waals surface area (Å²) < 4.78 is 5.93. The summed E-state index contributed by atoms with van der Waals surface area (Å²) in [6.07, 6.45) is 3.61. The van der Waals surface area contributed by atoms with E-state index < -0.39 is 0 Å². The van der Waals surface area contributed by atoms with Gasteiger partial charge in [-0.3, -0.25) is 9.59 Å². The Morgan fingerprint density at radius 2 is 1.78 bits per heavy atom. The van der Waals surface area contributed by atoms with Crippen LogP contribution in [0.3, 0.4) is 0 Å². The summed E-state index contributed by atoms with van der Waals surface area (Å²) in [5.74, 6) is 1.53. The topological polar surface area (TPSA) is 88.8 Å². The van der Waals surface area contributed by atoms with Gasteiger partial charge in [-0.2, -0.15) is 0 Å². The number of nitrogen functional groups attached to an aromatic ring is 1. The zero-order valence-electron chi connectivity index (χ0n) is 20.4. The number of likely N-dealkylation sites (tertiary alicyclic amines) is 1. The minimum absolute atomic E-state index is 0.0192. The fourth-order valence-electron chi connectivity index (χ4n) is 5.16. The molecule has 2 atom stereocenters. The van der Waals surface area contributed by atoms with Gasteiger partial charge in [0.05, 0.1) is 17.6 Å². The van der Waals surface area contributed by atoms with Crippen molar-refractivity contribution in [1.82, 2.24) is 9.88 Å². The van der Waals surface area contributed by atoms with Crippen molar-refractivity contribution < 1.29 is 14.3 Å². The van der Waals surface area contributed by atoms with Crippen LogP contribution >= 0.6 is 0 Å². The molecule has 7 heteroatoms. The van der Waals surface area contributed by atoms with Crippen LogP contribution in [0.5, 0.6) is 11.5 Å². The van der Waals surface area contributed by atoms with Crippen molar-refractivity contribution in [2.75, 3.05) is 23.7 Å². The third-order valence-electron chi connectivity index (χ3n) is 6.98. The van der Waals surface area contributed by atoms with E-state index in [2.05, 4.69) is 11.6 Å². The third kappa shape index (κ3) is 4.56. The quantitative estimate of drug-likeness (QED) is 0.533. The average molecular weight is 483 g/mol. The number of nitrogens with zero attached hydrogens (tertiary/aromatic N) is 3. The largest absolute Gasteiger partial charge is 0.457 e. The highest BCUT2D eigenvalue weighted by Crippen LogP contribution is 2.39. The van der Waals surface area contributed by atoms with E-state index in [-0.39, 0.29) is 23.8 Å². The Kier molecular flexibility index (Phi) is 6.46. The molecular weight excluding hydrogens is 452 g/mol. The number of pyridine rings is 1. The van der Waals surface area contributed by atoms with Crippen molar-refractivity contribution in [3.05, 3.63) is 90.1 Å². The standard InChI is InChI=1S/C29H30N4O3/c1-19(2)28(34)32-17-15-21(18-32)33-26-14-16-31-27(30)25(26)13-12-24(29(33)35)20-8-10-23(11-9-20)36-22-6-4-3-5-7-22/h3-11,14,16,21,24H,1,12-13,15,17-18H2,2H3,(H2,30,31)/t21-,24?/m1/s1. The van der Waals surface area contributed by atoms with Crippen LogP contribution in [0, 0.1) is 0 Å². The molecule has 2 N–H and O–H groups in total. The van der Waals surface area contributed by atoms with Gasteiger partial charge >= 0.3 is 0 Å². The molecule has 7 nitrogen and oxygen atoms in total. The first kappa shape index (κ1) is 23.6. The van der Waals surface area contributed by atoms with Crippen LogP contribution < -0.4 is 15.4 Å². The number of hydrogen-bond acceptors (Lipinski definition) is 5. The summed E-state index contributed by atoms with van der Waals surface area (Å²) in [6, 6.07) is 19.0. The van der Waals surface area contributed by atoms with Gasteiger partial charge in [0, 0.05) is 30.4 Å². The summed E-state index contributed by atoms with van der Waals surface area (Å²) in [5.41, 5.74) is 9.39. The van der Waals surface area contributed by atoms with Crippen LogP contribution in [0.2, 0.25) is 0 Å². The number of fused-ring (bicyclic) bond motifs is 1. The first-order valence-corrected chi connectivity index (χ1v) is 12.3. The predicted octanol–water partition coefficient (Wildman–Crippen LogP) is 4.70. The number of anilines is 2. The monoisotopic (exact) mass is 482 g/mol. The molecule has 0 aliphatic carbocycles. The minimum atomic E-state index is -0.339. The first-order valence-electron chi connectivity index (χ1n) is 12.3. The van der Waals surface area contributed by atoms with Gasteiger partial charge in [0.2, 0.25) is 11.8 Å². The van der Waals surface area contributed by atoms with E-state index in [0.29, 0.717) is 49.5 Å². The molecule has 1 saturated heterocycles. The molecule has 0 radical (unpaired) electrons. The van der Waals surface area contributed by atoms with Crippen LogP contribution in [0.4, 0.5) is 11.5 Å². The van der Waals surface area contributed by atoms with E-state index in [9.17, 15) is 9.59 Å². The number of amides is 2. The minimum Gasteiger partial charge on any atom is -0.457 e. The average Bonchev–Trinajstić information content (AvgIpc) is 3.30.